The van der Waals surface area contributed by atoms with Gasteiger partial charge in [-0.2, -0.15) is 0 Å². The van der Waals surface area contributed by atoms with Crippen molar-refractivity contribution in [2.75, 3.05) is 38.5 Å². The van der Waals surface area contributed by atoms with Crippen LogP contribution >= 0.6 is 0 Å². The number of nitrogens with one attached hydrogen (secondary N) is 1. The Balaban J connectivity index is 1.60. The molecule has 3 rings (SSSR count). The minimum atomic E-state index is -0.0838. The van der Waals surface area contributed by atoms with Crippen molar-refractivity contribution in [3.63, 3.8) is 0 Å². The maximum Gasteiger partial charge on any atom is 0.323 e. The third-order valence-electron chi connectivity index (χ3n) is 4.84. The highest BCUT2D eigenvalue weighted by molar-refractivity contribution is 5.88. The highest BCUT2D eigenvalue weighted by atomic mass is 16.5. The number of carbonyl (C=O) groups is 1. The number of piperazine rings is 1. The molecule has 1 N–H and O–H groups in total. The van der Waals surface area contributed by atoms with Gasteiger partial charge in [-0.3, -0.25) is 5.32 Å². The summed E-state index contributed by atoms with van der Waals surface area (Å²) in [7, 11) is 2.07. The van der Waals surface area contributed by atoms with E-state index in [-0.39, 0.29) is 11.4 Å². The van der Waals surface area contributed by atoms with Crippen LogP contribution in [0, 0.1) is 0 Å². The molecule has 1 aliphatic carbocycles. The number of anilines is 1. The molecule has 0 atom stereocenters. The van der Waals surface area contributed by atoms with E-state index in [2.05, 4.69) is 29.3 Å². The van der Waals surface area contributed by atoms with Crippen molar-refractivity contribution in [1.29, 1.82) is 0 Å². The van der Waals surface area contributed by atoms with Gasteiger partial charge in [0.1, 0.15) is 5.76 Å². The van der Waals surface area contributed by atoms with E-state index in [0.717, 1.165) is 44.8 Å². The third-order valence-corrected chi connectivity index (χ3v) is 4.84. The van der Waals surface area contributed by atoms with Crippen molar-refractivity contribution >= 4 is 11.8 Å². The lowest BCUT2D eigenvalue weighted by atomic mass is 9.86. The highest BCUT2D eigenvalue weighted by Crippen LogP contribution is 2.41. The fourth-order valence-electron chi connectivity index (χ4n) is 3.22. The molecule has 116 valence electrons. The topological polar surface area (TPSA) is 61.6 Å². The van der Waals surface area contributed by atoms with Gasteiger partial charge in [-0.15, -0.1) is 0 Å². The van der Waals surface area contributed by atoms with Crippen LogP contribution in [0.2, 0.25) is 0 Å². The Hall–Kier alpha value is -1.56. The summed E-state index contributed by atoms with van der Waals surface area (Å²) in [5, 5.41) is 6.86. The molecule has 2 fully saturated rings. The molecule has 0 aromatic carbocycles. The largest absolute Gasteiger partial charge is 0.359 e. The fraction of sp³-hybridized carbons (Fsp3) is 0.733. The summed E-state index contributed by atoms with van der Waals surface area (Å²) < 4.78 is 5.47. The summed E-state index contributed by atoms with van der Waals surface area (Å²) in [5.41, 5.74) is 0.0871. The van der Waals surface area contributed by atoms with Gasteiger partial charge in [-0.05, 0) is 19.9 Å². The SMILES string of the molecule is CN1CCN(C(=O)Nc2cc(C3(C)CCCC3)on2)CC1. The predicted molar refractivity (Wildman–Crippen MR) is 80.4 cm³/mol. The minimum Gasteiger partial charge on any atom is -0.359 e. The summed E-state index contributed by atoms with van der Waals surface area (Å²) >= 11 is 0. The van der Waals surface area contributed by atoms with Crippen LogP contribution in [0.5, 0.6) is 0 Å². The number of urea groups is 1. The van der Waals surface area contributed by atoms with Crippen molar-refractivity contribution in [1.82, 2.24) is 15.0 Å². The van der Waals surface area contributed by atoms with E-state index in [0.29, 0.717) is 5.82 Å². The first-order chi connectivity index (χ1) is 10.1. The van der Waals surface area contributed by atoms with Gasteiger partial charge >= 0.3 is 6.03 Å². The number of hydrogen-bond donors (Lipinski definition) is 1. The van der Waals surface area contributed by atoms with Gasteiger partial charge in [0, 0.05) is 37.7 Å². The minimum absolute atomic E-state index is 0.0838. The average molecular weight is 292 g/mol. The molecule has 6 heteroatoms. The summed E-state index contributed by atoms with van der Waals surface area (Å²) in [4.78, 5) is 16.2. The number of likely N-dealkylation sites (N-methyl/N-ethyl adjacent to an activating group) is 1. The highest BCUT2D eigenvalue weighted by Gasteiger charge is 2.34. The molecule has 21 heavy (non-hydrogen) atoms. The van der Waals surface area contributed by atoms with Crippen LogP contribution in [-0.4, -0.2) is 54.2 Å². The summed E-state index contributed by atoms with van der Waals surface area (Å²) in [6, 6.07) is 1.80. The van der Waals surface area contributed by atoms with Gasteiger partial charge in [-0.25, -0.2) is 4.79 Å². The van der Waals surface area contributed by atoms with Crippen molar-refractivity contribution in [2.24, 2.45) is 0 Å². The Morgan fingerprint density at radius 3 is 2.62 bits per heavy atom. The maximum absolute atomic E-state index is 12.2. The van der Waals surface area contributed by atoms with Crippen molar-refractivity contribution in [3.05, 3.63) is 11.8 Å². The Kier molecular flexibility index (Phi) is 3.89. The number of nitrogens with zero attached hydrogens (tertiary/aromatic N) is 3. The van der Waals surface area contributed by atoms with Crippen LogP contribution in [0.3, 0.4) is 0 Å². The standard InChI is InChI=1S/C15H24N4O2/c1-15(5-3-4-6-15)12-11-13(17-21-12)16-14(20)19-9-7-18(2)8-10-19/h11H,3-10H2,1-2H3,(H,16,17,20). The molecule has 1 aliphatic heterocycles. The van der Waals surface area contributed by atoms with Gasteiger partial charge in [0.2, 0.25) is 0 Å². The molecule has 2 amide bonds. The number of amides is 2. The maximum atomic E-state index is 12.2. The monoisotopic (exact) mass is 292 g/mol. The molecular weight excluding hydrogens is 268 g/mol. The second-order valence-corrected chi connectivity index (χ2v) is 6.56. The molecule has 1 saturated heterocycles. The molecule has 0 bridgehead atoms. The molecule has 1 saturated carbocycles. The predicted octanol–water partition coefficient (Wildman–Crippen LogP) is 2.29. The first-order valence-corrected chi connectivity index (χ1v) is 7.78. The lowest BCUT2D eigenvalue weighted by molar-refractivity contribution is 0.164. The molecular formula is C15H24N4O2. The van der Waals surface area contributed by atoms with Crippen molar-refractivity contribution < 1.29 is 9.32 Å². The van der Waals surface area contributed by atoms with Crippen LogP contribution < -0.4 is 5.32 Å². The van der Waals surface area contributed by atoms with E-state index in [9.17, 15) is 4.79 Å². The molecule has 1 aromatic heterocycles. The van der Waals surface area contributed by atoms with Crippen LogP contribution in [0.4, 0.5) is 10.6 Å². The summed E-state index contributed by atoms with van der Waals surface area (Å²) in [6.07, 6.45) is 4.74. The Morgan fingerprint density at radius 2 is 1.95 bits per heavy atom. The average Bonchev–Trinajstić information content (AvgIpc) is 3.10. The number of aromatic nitrogens is 1. The van der Waals surface area contributed by atoms with Crippen LogP contribution in [0.25, 0.3) is 0 Å². The molecule has 6 nitrogen and oxygen atoms in total. The number of rotatable bonds is 2. The second-order valence-electron chi connectivity index (χ2n) is 6.56. The van der Waals surface area contributed by atoms with Crippen molar-refractivity contribution in [3.8, 4) is 0 Å². The van der Waals surface area contributed by atoms with Crippen LogP contribution in [0.1, 0.15) is 38.4 Å². The van der Waals surface area contributed by atoms with Gasteiger partial charge in [0.15, 0.2) is 5.82 Å². The van der Waals surface area contributed by atoms with Gasteiger partial charge < -0.3 is 14.3 Å². The molecule has 0 spiro atoms. The van der Waals surface area contributed by atoms with E-state index in [1.165, 1.54) is 12.8 Å². The van der Waals surface area contributed by atoms with E-state index in [1.807, 2.05) is 11.0 Å². The fourth-order valence-corrected chi connectivity index (χ4v) is 3.22. The van der Waals surface area contributed by atoms with E-state index >= 15 is 0 Å². The van der Waals surface area contributed by atoms with E-state index in [4.69, 9.17) is 4.52 Å². The van der Waals surface area contributed by atoms with Gasteiger partial charge in [0.25, 0.3) is 0 Å². The van der Waals surface area contributed by atoms with Gasteiger partial charge in [-0.1, -0.05) is 24.9 Å². The van der Waals surface area contributed by atoms with E-state index < -0.39 is 0 Å². The second kappa shape index (κ2) is 5.67. The summed E-state index contributed by atoms with van der Waals surface area (Å²) in [6.45, 7) is 5.55. The van der Waals surface area contributed by atoms with E-state index in [1.54, 1.807) is 0 Å². The zero-order valence-electron chi connectivity index (χ0n) is 12.9. The number of carbonyl (C=O) groups excluding carboxylic acids is 1. The summed E-state index contributed by atoms with van der Waals surface area (Å²) in [5.74, 6) is 1.43. The number of hydrogen-bond acceptors (Lipinski definition) is 4. The molecule has 2 heterocycles. The zero-order chi connectivity index (χ0) is 14.9. The van der Waals surface area contributed by atoms with Gasteiger partial charge in [0.05, 0.1) is 0 Å². The normalized spacial score (nSPS) is 22.5. The first-order valence-electron chi connectivity index (χ1n) is 7.78. The van der Waals surface area contributed by atoms with Crippen molar-refractivity contribution in [2.45, 2.75) is 38.0 Å². The molecule has 0 unspecified atom stereocenters. The molecule has 0 radical (unpaired) electrons. The smallest absolute Gasteiger partial charge is 0.323 e. The lowest BCUT2D eigenvalue weighted by Crippen LogP contribution is -2.48. The van der Waals surface area contributed by atoms with Crippen LogP contribution in [0.15, 0.2) is 10.6 Å². The first kappa shape index (κ1) is 14.4. The zero-order valence-corrected chi connectivity index (χ0v) is 12.9. The Bertz CT molecular complexity index is 500. The molecule has 1 aromatic rings. The Labute approximate surface area is 125 Å². The molecule has 2 aliphatic rings. The lowest BCUT2D eigenvalue weighted by Gasteiger charge is -2.32. The third kappa shape index (κ3) is 3.05. The quantitative estimate of drug-likeness (QED) is 0.908. The Morgan fingerprint density at radius 1 is 1.29 bits per heavy atom. The van der Waals surface area contributed by atoms with Crippen LogP contribution in [-0.2, 0) is 5.41 Å².